The Bertz CT molecular complexity index is 905. The van der Waals surface area contributed by atoms with Crippen molar-refractivity contribution in [2.45, 2.75) is 0 Å². The predicted octanol–water partition coefficient (Wildman–Crippen LogP) is 4.12. The molecule has 3 aromatic heterocycles. The monoisotopic (exact) mass is 294 g/mol. The summed E-state index contributed by atoms with van der Waals surface area (Å²) in [6.45, 7) is 0. The Morgan fingerprint density at radius 1 is 1.19 bits per heavy atom. The highest BCUT2D eigenvalue weighted by atomic mass is 32.1. The van der Waals surface area contributed by atoms with Gasteiger partial charge in [0.05, 0.1) is 22.2 Å². The Kier molecular flexibility index (Phi) is 2.72. The van der Waals surface area contributed by atoms with E-state index in [1.165, 1.54) is 11.3 Å². The van der Waals surface area contributed by atoms with Crippen LogP contribution >= 0.6 is 11.3 Å². The highest BCUT2D eigenvalue weighted by Crippen LogP contribution is 2.23. The molecule has 0 saturated carbocycles. The second-order valence-electron chi connectivity index (χ2n) is 4.60. The van der Waals surface area contributed by atoms with Gasteiger partial charge in [0.15, 0.2) is 11.6 Å². The summed E-state index contributed by atoms with van der Waals surface area (Å²) in [7, 11) is 0. The van der Waals surface area contributed by atoms with E-state index in [4.69, 9.17) is 4.42 Å². The van der Waals surface area contributed by atoms with Crippen LogP contribution in [0.3, 0.4) is 0 Å². The smallest absolute Gasteiger partial charge is 0.203 e. The van der Waals surface area contributed by atoms with Crippen LogP contribution in [0.5, 0.6) is 0 Å². The average molecular weight is 294 g/mol. The molecule has 0 aliphatic rings. The maximum Gasteiger partial charge on any atom is 0.203 e. The molecule has 0 radical (unpaired) electrons. The highest BCUT2D eigenvalue weighted by molar-refractivity contribution is 7.12. The van der Waals surface area contributed by atoms with Crippen molar-refractivity contribution in [3.05, 3.63) is 64.5 Å². The molecule has 0 spiro atoms. The molecular formula is C16H10N2O2S. The molecule has 0 saturated heterocycles. The van der Waals surface area contributed by atoms with E-state index in [0.717, 1.165) is 15.9 Å². The van der Waals surface area contributed by atoms with E-state index in [-0.39, 0.29) is 5.78 Å². The Hall–Kier alpha value is -2.66. The number of nitrogens with zero attached hydrogens (tertiary/aromatic N) is 1. The van der Waals surface area contributed by atoms with Crippen LogP contribution in [-0.4, -0.2) is 15.8 Å². The van der Waals surface area contributed by atoms with Gasteiger partial charge in [0.1, 0.15) is 0 Å². The number of nitrogens with one attached hydrogen (secondary N) is 1. The van der Waals surface area contributed by atoms with Crippen LogP contribution in [0.25, 0.3) is 22.6 Å². The molecule has 5 heteroatoms. The summed E-state index contributed by atoms with van der Waals surface area (Å²) >= 11 is 1.44. The van der Waals surface area contributed by atoms with Crippen LogP contribution in [0, 0.1) is 0 Å². The SMILES string of the molecule is O=C(c1ccc2nc(-c3ccco3)[nH]c2c1)c1cccs1. The van der Waals surface area contributed by atoms with E-state index >= 15 is 0 Å². The minimum absolute atomic E-state index is 0.0287. The van der Waals surface area contributed by atoms with Crippen molar-refractivity contribution >= 4 is 28.2 Å². The van der Waals surface area contributed by atoms with E-state index in [0.29, 0.717) is 17.1 Å². The summed E-state index contributed by atoms with van der Waals surface area (Å²) in [5.74, 6) is 1.37. The molecule has 4 nitrogen and oxygen atoms in total. The fourth-order valence-electron chi connectivity index (χ4n) is 2.23. The fraction of sp³-hybridized carbons (Fsp3) is 0. The summed E-state index contributed by atoms with van der Waals surface area (Å²) in [4.78, 5) is 20.7. The number of hydrogen-bond acceptors (Lipinski definition) is 4. The second-order valence-corrected chi connectivity index (χ2v) is 5.55. The largest absolute Gasteiger partial charge is 0.461 e. The lowest BCUT2D eigenvalue weighted by Crippen LogP contribution is -1.97. The topological polar surface area (TPSA) is 58.9 Å². The molecule has 102 valence electrons. The Balaban J connectivity index is 1.78. The number of hydrogen-bond donors (Lipinski definition) is 1. The number of carbonyl (C=O) groups excluding carboxylic acids is 1. The molecule has 0 atom stereocenters. The highest BCUT2D eigenvalue weighted by Gasteiger charge is 2.13. The van der Waals surface area contributed by atoms with E-state index < -0.39 is 0 Å². The van der Waals surface area contributed by atoms with Crippen LogP contribution in [-0.2, 0) is 0 Å². The van der Waals surface area contributed by atoms with Crippen molar-refractivity contribution in [3.8, 4) is 11.6 Å². The summed E-state index contributed by atoms with van der Waals surface area (Å²) in [6, 6.07) is 12.8. The van der Waals surface area contributed by atoms with Gasteiger partial charge in [0.2, 0.25) is 5.78 Å². The lowest BCUT2D eigenvalue weighted by atomic mass is 10.1. The van der Waals surface area contributed by atoms with Gasteiger partial charge in [-0.2, -0.15) is 0 Å². The van der Waals surface area contributed by atoms with E-state index in [2.05, 4.69) is 9.97 Å². The summed E-state index contributed by atoms with van der Waals surface area (Å²) < 4.78 is 5.33. The molecule has 4 rings (SSSR count). The number of H-pyrrole nitrogens is 1. The number of ketones is 1. The summed E-state index contributed by atoms with van der Waals surface area (Å²) in [6.07, 6.45) is 1.61. The predicted molar refractivity (Wildman–Crippen MR) is 81.5 cm³/mol. The quantitative estimate of drug-likeness (QED) is 0.578. The first-order valence-electron chi connectivity index (χ1n) is 6.43. The van der Waals surface area contributed by atoms with Gasteiger partial charge in [-0.15, -0.1) is 11.3 Å². The third kappa shape index (κ3) is 2.08. The lowest BCUT2D eigenvalue weighted by Gasteiger charge is -1.97. The standard InChI is InChI=1S/C16H10N2O2S/c19-15(14-4-2-8-21-14)10-5-6-11-12(9-10)18-16(17-11)13-3-1-7-20-13/h1-9H,(H,17,18). The third-order valence-corrected chi connectivity index (χ3v) is 4.11. The number of aromatic nitrogens is 2. The van der Waals surface area contributed by atoms with Crippen LogP contribution in [0.2, 0.25) is 0 Å². The van der Waals surface area contributed by atoms with Crippen molar-refractivity contribution in [1.82, 2.24) is 9.97 Å². The molecule has 3 heterocycles. The molecule has 0 amide bonds. The summed E-state index contributed by atoms with van der Waals surface area (Å²) in [5, 5.41) is 1.90. The molecule has 0 fully saturated rings. The van der Waals surface area contributed by atoms with Crippen molar-refractivity contribution in [1.29, 1.82) is 0 Å². The molecule has 4 aromatic rings. The molecular weight excluding hydrogens is 284 g/mol. The van der Waals surface area contributed by atoms with Gasteiger partial charge in [-0.25, -0.2) is 4.98 Å². The van der Waals surface area contributed by atoms with Crippen LogP contribution in [0.15, 0.2) is 58.5 Å². The number of furan rings is 1. The fourth-order valence-corrected chi connectivity index (χ4v) is 2.92. The lowest BCUT2D eigenvalue weighted by molar-refractivity contribution is 0.104. The summed E-state index contributed by atoms with van der Waals surface area (Å²) in [5.41, 5.74) is 2.28. The van der Waals surface area contributed by atoms with Crippen LogP contribution in [0.1, 0.15) is 15.2 Å². The molecule has 0 aliphatic carbocycles. The molecule has 1 N–H and O–H groups in total. The number of rotatable bonds is 3. The van der Waals surface area contributed by atoms with Gasteiger partial charge in [-0.1, -0.05) is 6.07 Å². The van der Waals surface area contributed by atoms with Crippen LogP contribution < -0.4 is 0 Å². The van der Waals surface area contributed by atoms with E-state index in [1.807, 2.05) is 41.8 Å². The second kappa shape index (κ2) is 4.71. The van der Waals surface area contributed by atoms with E-state index in [1.54, 1.807) is 12.3 Å². The van der Waals surface area contributed by atoms with Gasteiger partial charge in [0, 0.05) is 5.56 Å². The van der Waals surface area contributed by atoms with Gasteiger partial charge >= 0.3 is 0 Å². The normalized spacial score (nSPS) is 11.0. The first-order valence-corrected chi connectivity index (χ1v) is 7.31. The number of thiophene rings is 1. The first kappa shape index (κ1) is 12.1. The van der Waals surface area contributed by atoms with Gasteiger partial charge < -0.3 is 9.40 Å². The zero-order valence-electron chi connectivity index (χ0n) is 10.9. The zero-order valence-corrected chi connectivity index (χ0v) is 11.7. The Labute approximate surface area is 124 Å². The Morgan fingerprint density at radius 3 is 2.90 bits per heavy atom. The molecule has 0 unspecified atom stereocenters. The maximum atomic E-state index is 12.3. The third-order valence-electron chi connectivity index (χ3n) is 3.24. The number of fused-ring (bicyclic) bond motifs is 1. The van der Waals surface area contributed by atoms with Gasteiger partial charge in [0.25, 0.3) is 0 Å². The van der Waals surface area contributed by atoms with Gasteiger partial charge in [-0.3, -0.25) is 4.79 Å². The molecule has 0 aliphatic heterocycles. The van der Waals surface area contributed by atoms with E-state index in [9.17, 15) is 4.79 Å². The minimum Gasteiger partial charge on any atom is -0.461 e. The molecule has 0 bridgehead atoms. The van der Waals surface area contributed by atoms with Gasteiger partial charge in [-0.05, 0) is 41.8 Å². The number of aromatic amines is 1. The number of benzene rings is 1. The number of carbonyl (C=O) groups is 1. The maximum absolute atomic E-state index is 12.3. The van der Waals surface area contributed by atoms with Crippen molar-refractivity contribution in [3.63, 3.8) is 0 Å². The van der Waals surface area contributed by atoms with Crippen LogP contribution in [0.4, 0.5) is 0 Å². The van der Waals surface area contributed by atoms with Crippen molar-refractivity contribution in [2.75, 3.05) is 0 Å². The number of imidazole rings is 1. The Morgan fingerprint density at radius 2 is 2.14 bits per heavy atom. The molecule has 1 aromatic carbocycles. The van der Waals surface area contributed by atoms with Crippen molar-refractivity contribution in [2.24, 2.45) is 0 Å². The zero-order chi connectivity index (χ0) is 14.2. The first-order chi connectivity index (χ1) is 10.3. The van der Waals surface area contributed by atoms with Crippen molar-refractivity contribution < 1.29 is 9.21 Å². The minimum atomic E-state index is 0.0287. The average Bonchev–Trinajstić information content (AvgIpc) is 3.24. The molecule has 21 heavy (non-hydrogen) atoms.